The number of H-pyrrole nitrogens is 1. The molecule has 3 unspecified atom stereocenters. The molecule has 1 aromatic heterocycles. The predicted octanol–water partition coefficient (Wildman–Crippen LogP) is 2.32. The molecule has 0 amide bonds. The summed E-state index contributed by atoms with van der Waals surface area (Å²) in [5.41, 5.74) is 1.18. The maximum absolute atomic E-state index is 4.02. The number of nitrogens with one attached hydrogen (secondary N) is 2. The number of rotatable bonds is 3. The molecule has 1 aliphatic carbocycles. The second-order valence-corrected chi connectivity index (χ2v) is 4.92. The number of imidazole rings is 1. The molecule has 1 aromatic rings. The van der Waals surface area contributed by atoms with Gasteiger partial charge in [-0.05, 0) is 31.1 Å². The van der Waals surface area contributed by atoms with Crippen molar-refractivity contribution in [1.29, 1.82) is 0 Å². The normalized spacial score (nSPS) is 31.7. The van der Waals surface area contributed by atoms with Crippen LogP contribution in [0.2, 0.25) is 0 Å². The molecular formula is C12H21N3. The zero-order chi connectivity index (χ0) is 10.7. The molecule has 0 bridgehead atoms. The smallest absolute Gasteiger partial charge is 0.0922 e. The van der Waals surface area contributed by atoms with Crippen molar-refractivity contribution in [2.24, 2.45) is 11.8 Å². The summed E-state index contributed by atoms with van der Waals surface area (Å²) < 4.78 is 0. The van der Waals surface area contributed by atoms with Crippen molar-refractivity contribution in [3.05, 3.63) is 18.2 Å². The molecule has 1 saturated carbocycles. The molecule has 3 heteroatoms. The van der Waals surface area contributed by atoms with Crippen LogP contribution < -0.4 is 5.32 Å². The van der Waals surface area contributed by atoms with Crippen LogP contribution in [0.1, 0.15) is 38.8 Å². The molecule has 0 saturated heterocycles. The highest BCUT2D eigenvalue weighted by Crippen LogP contribution is 2.29. The van der Waals surface area contributed by atoms with Gasteiger partial charge in [0.25, 0.3) is 0 Å². The highest BCUT2D eigenvalue weighted by molar-refractivity contribution is 4.94. The second kappa shape index (κ2) is 4.79. The minimum absolute atomic E-state index is 0.694. The third-order valence-corrected chi connectivity index (χ3v) is 3.73. The molecule has 3 nitrogen and oxygen atoms in total. The van der Waals surface area contributed by atoms with Crippen molar-refractivity contribution in [3.63, 3.8) is 0 Å². The van der Waals surface area contributed by atoms with E-state index in [0.717, 1.165) is 18.4 Å². The first-order valence-corrected chi connectivity index (χ1v) is 5.96. The maximum atomic E-state index is 4.02. The standard InChI is InChI=1S/C12H21N3/c1-9-3-4-11(5-10(9)2)14-7-12-6-13-8-15-12/h6,8-11,14H,3-5,7H2,1-2H3,(H,13,15). The Balaban J connectivity index is 1.76. The Hall–Kier alpha value is -0.830. The van der Waals surface area contributed by atoms with Crippen LogP contribution in [0.15, 0.2) is 12.5 Å². The summed E-state index contributed by atoms with van der Waals surface area (Å²) in [6.07, 6.45) is 7.63. The van der Waals surface area contributed by atoms with E-state index in [1.807, 2.05) is 6.20 Å². The fourth-order valence-corrected chi connectivity index (χ4v) is 2.37. The van der Waals surface area contributed by atoms with Gasteiger partial charge in [-0.1, -0.05) is 13.8 Å². The lowest BCUT2D eigenvalue weighted by Crippen LogP contribution is -2.35. The molecule has 0 aliphatic heterocycles. The Morgan fingerprint density at radius 2 is 2.27 bits per heavy atom. The van der Waals surface area contributed by atoms with Gasteiger partial charge in [-0.15, -0.1) is 0 Å². The molecule has 2 rings (SSSR count). The van der Waals surface area contributed by atoms with Crippen molar-refractivity contribution in [2.75, 3.05) is 0 Å². The molecule has 84 valence electrons. The molecule has 1 heterocycles. The van der Waals surface area contributed by atoms with E-state index in [4.69, 9.17) is 0 Å². The zero-order valence-corrected chi connectivity index (χ0v) is 9.66. The number of hydrogen-bond donors (Lipinski definition) is 2. The van der Waals surface area contributed by atoms with Crippen molar-refractivity contribution < 1.29 is 0 Å². The second-order valence-electron chi connectivity index (χ2n) is 4.92. The molecule has 2 N–H and O–H groups in total. The average molecular weight is 207 g/mol. The van der Waals surface area contributed by atoms with E-state index >= 15 is 0 Å². The van der Waals surface area contributed by atoms with Crippen LogP contribution in [0.3, 0.4) is 0 Å². The van der Waals surface area contributed by atoms with Gasteiger partial charge in [0.1, 0.15) is 0 Å². The lowest BCUT2D eigenvalue weighted by molar-refractivity contribution is 0.225. The molecule has 0 aromatic carbocycles. The fourth-order valence-electron chi connectivity index (χ4n) is 2.37. The lowest BCUT2D eigenvalue weighted by atomic mass is 9.79. The summed E-state index contributed by atoms with van der Waals surface area (Å²) >= 11 is 0. The summed E-state index contributed by atoms with van der Waals surface area (Å²) in [5.74, 6) is 1.76. The van der Waals surface area contributed by atoms with Crippen molar-refractivity contribution in [3.8, 4) is 0 Å². The van der Waals surface area contributed by atoms with Gasteiger partial charge in [-0.3, -0.25) is 0 Å². The fraction of sp³-hybridized carbons (Fsp3) is 0.750. The van der Waals surface area contributed by atoms with E-state index in [9.17, 15) is 0 Å². The number of nitrogens with zero attached hydrogens (tertiary/aromatic N) is 1. The summed E-state index contributed by atoms with van der Waals surface area (Å²) in [6, 6.07) is 0.694. The first kappa shape index (κ1) is 10.7. The SMILES string of the molecule is CC1CCC(NCc2cnc[nH]2)CC1C. The van der Waals surface area contributed by atoms with Crippen LogP contribution in [0.4, 0.5) is 0 Å². The van der Waals surface area contributed by atoms with Crippen molar-refractivity contribution in [2.45, 2.75) is 45.7 Å². The van der Waals surface area contributed by atoms with Crippen molar-refractivity contribution in [1.82, 2.24) is 15.3 Å². The van der Waals surface area contributed by atoms with Crippen LogP contribution in [-0.4, -0.2) is 16.0 Å². The van der Waals surface area contributed by atoms with Crippen LogP contribution in [0, 0.1) is 11.8 Å². The maximum Gasteiger partial charge on any atom is 0.0922 e. The first-order chi connectivity index (χ1) is 7.25. The Labute approximate surface area is 91.7 Å². The van der Waals surface area contributed by atoms with Crippen LogP contribution in [0.25, 0.3) is 0 Å². The minimum Gasteiger partial charge on any atom is -0.347 e. The van der Waals surface area contributed by atoms with E-state index in [1.54, 1.807) is 6.33 Å². The van der Waals surface area contributed by atoms with Gasteiger partial charge in [0.2, 0.25) is 0 Å². The summed E-state index contributed by atoms with van der Waals surface area (Å²) in [5, 5.41) is 3.60. The molecule has 0 radical (unpaired) electrons. The van der Waals surface area contributed by atoms with Crippen LogP contribution in [0.5, 0.6) is 0 Å². The van der Waals surface area contributed by atoms with Crippen LogP contribution >= 0.6 is 0 Å². The molecule has 1 fully saturated rings. The highest BCUT2D eigenvalue weighted by atomic mass is 15.0. The van der Waals surface area contributed by atoms with Gasteiger partial charge in [-0.2, -0.15) is 0 Å². The Morgan fingerprint density at radius 1 is 1.40 bits per heavy atom. The monoisotopic (exact) mass is 207 g/mol. The Bertz CT molecular complexity index is 281. The number of aromatic nitrogens is 2. The van der Waals surface area contributed by atoms with E-state index in [0.29, 0.717) is 6.04 Å². The topological polar surface area (TPSA) is 40.7 Å². The van der Waals surface area contributed by atoms with Gasteiger partial charge in [0.05, 0.1) is 6.33 Å². The van der Waals surface area contributed by atoms with E-state index in [2.05, 4.69) is 29.1 Å². The largest absolute Gasteiger partial charge is 0.347 e. The van der Waals surface area contributed by atoms with Gasteiger partial charge < -0.3 is 10.3 Å². The summed E-state index contributed by atoms with van der Waals surface area (Å²) in [6.45, 7) is 5.66. The lowest BCUT2D eigenvalue weighted by Gasteiger charge is -2.32. The Kier molecular flexibility index (Phi) is 3.41. The quantitative estimate of drug-likeness (QED) is 0.798. The minimum atomic E-state index is 0.694. The third-order valence-electron chi connectivity index (χ3n) is 3.73. The van der Waals surface area contributed by atoms with E-state index < -0.39 is 0 Å². The third kappa shape index (κ3) is 2.81. The zero-order valence-electron chi connectivity index (χ0n) is 9.66. The highest BCUT2D eigenvalue weighted by Gasteiger charge is 2.23. The Morgan fingerprint density at radius 3 is 2.93 bits per heavy atom. The molecular weight excluding hydrogens is 186 g/mol. The van der Waals surface area contributed by atoms with E-state index in [-0.39, 0.29) is 0 Å². The number of hydrogen-bond acceptors (Lipinski definition) is 2. The van der Waals surface area contributed by atoms with Gasteiger partial charge in [0.15, 0.2) is 0 Å². The van der Waals surface area contributed by atoms with E-state index in [1.165, 1.54) is 25.0 Å². The molecule has 15 heavy (non-hydrogen) atoms. The predicted molar refractivity (Wildman–Crippen MR) is 61.4 cm³/mol. The molecule has 3 atom stereocenters. The average Bonchev–Trinajstić information content (AvgIpc) is 2.73. The van der Waals surface area contributed by atoms with Gasteiger partial charge >= 0.3 is 0 Å². The first-order valence-electron chi connectivity index (χ1n) is 5.96. The molecule has 1 aliphatic rings. The van der Waals surface area contributed by atoms with Crippen LogP contribution in [-0.2, 0) is 6.54 Å². The summed E-state index contributed by atoms with van der Waals surface area (Å²) in [4.78, 5) is 7.14. The van der Waals surface area contributed by atoms with Gasteiger partial charge in [0, 0.05) is 24.5 Å². The van der Waals surface area contributed by atoms with Crippen molar-refractivity contribution >= 4 is 0 Å². The van der Waals surface area contributed by atoms with Gasteiger partial charge in [-0.25, -0.2) is 4.98 Å². The summed E-state index contributed by atoms with van der Waals surface area (Å²) in [7, 11) is 0. The number of aromatic amines is 1. The molecule has 0 spiro atoms.